The molecule has 2 aromatic rings. The van der Waals surface area contributed by atoms with Crippen molar-refractivity contribution in [3.63, 3.8) is 0 Å². The van der Waals surface area contributed by atoms with E-state index in [9.17, 15) is 0 Å². The van der Waals surface area contributed by atoms with Crippen molar-refractivity contribution in [2.24, 2.45) is 5.84 Å². The summed E-state index contributed by atoms with van der Waals surface area (Å²) in [6.45, 7) is 4.20. The van der Waals surface area contributed by atoms with E-state index < -0.39 is 0 Å². The first-order valence-electron chi connectivity index (χ1n) is 5.18. The van der Waals surface area contributed by atoms with Crippen molar-refractivity contribution in [1.29, 1.82) is 0 Å². The van der Waals surface area contributed by atoms with Crippen LogP contribution in [0.1, 0.15) is 24.1 Å². The molecular formula is C13H16N2. The quantitative estimate of drug-likeness (QED) is 0.577. The van der Waals surface area contributed by atoms with E-state index in [1.54, 1.807) is 0 Å². The summed E-state index contributed by atoms with van der Waals surface area (Å²) in [6, 6.07) is 12.9. The summed E-state index contributed by atoms with van der Waals surface area (Å²) in [6.07, 6.45) is 0. The Balaban J connectivity index is 2.71. The fraction of sp³-hybridized carbons (Fsp3) is 0.231. The van der Waals surface area contributed by atoms with Gasteiger partial charge in [0.1, 0.15) is 0 Å². The molecule has 1 atom stereocenters. The first kappa shape index (κ1) is 10.1. The van der Waals surface area contributed by atoms with E-state index >= 15 is 0 Å². The third-order valence-corrected chi connectivity index (χ3v) is 2.89. The van der Waals surface area contributed by atoms with Crippen LogP contribution in [0.4, 0.5) is 0 Å². The van der Waals surface area contributed by atoms with Crippen LogP contribution in [0.5, 0.6) is 0 Å². The molecule has 0 unspecified atom stereocenters. The van der Waals surface area contributed by atoms with E-state index in [0.717, 1.165) is 0 Å². The van der Waals surface area contributed by atoms with Gasteiger partial charge in [-0.3, -0.25) is 11.3 Å². The van der Waals surface area contributed by atoms with Gasteiger partial charge in [0.2, 0.25) is 0 Å². The maximum absolute atomic E-state index is 5.48. The lowest BCUT2D eigenvalue weighted by atomic mass is 9.97. The van der Waals surface area contributed by atoms with Gasteiger partial charge in [0.15, 0.2) is 0 Å². The van der Waals surface area contributed by atoms with E-state index in [1.807, 2.05) is 0 Å². The summed E-state index contributed by atoms with van der Waals surface area (Å²) in [5.74, 6) is 5.48. The highest BCUT2D eigenvalue weighted by atomic mass is 15.2. The van der Waals surface area contributed by atoms with Crippen molar-refractivity contribution in [2.45, 2.75) is 19.9 Å². The number of aryl methyl sites for hydroxylation is 1. The van der Waals surface area contributed by atoms with Crippen LogP contribution in [-0.4, -0.2) is 0 Å². The molecule has 0 saturated carbocycles. The molecule has 0 heterocycles. The van der Waals surface area contributed by atoms with Gasteiger partial charge in [0, 0.05) is 6.04 Å². The fourth-order valence-corrected chi connectivity index (χ4v) is 1.94. The maximum Gasteiger partial charge on any atom is 0.0437 e. The van der Waals surface area contributed by atoms with E-state index in [2.05, 4.69) is 55.7 Å². The predicted octanol–water partition coefficient (Wildman–Crippen LogP) is 2.67. The average molecular weight is 200 g/mol. The molecule has 0 aliphatic carbocycles. The van der Waals surface area contributed by atoms with E-state index in [1.165, 1.54) is 21.9 Å². The second-order valence-electron chi connectivity index (χ2n) is 3.91. The smallest absolute Gasteiger partial charge is 0.0437 e. The van der Waals surface area contributed by atoms with Crippen molar-refractivity contribution in [3.05, 3.63) is 47.5 Å². The number of hydrazine groups is 1. The van der Waals surface area contributed by atoms with Crippen LogP contribution in [0.25, 0.3) is 10.8 Å². The van der Waals surface area contributed by atoms with Crippen LogP contribution in [0, 0.1) is 6.92 Å². The molecule has 0 bridgehead atoms. The molecule has 2 heteroatoms. The van der Waals surface area contributed by atoms with Crippen molar-refractivity contribution in [3.8, 4) is 0 Å². The van der Waals surface area contributed by atoms with Crippen LogP contribution in [0.2, 0.25) is 0 Å². The molecule has 2 nitrogen and oxygen atoms in total. The third kappa shape index (κ3) is 1.74. The second-order valence-corrected chi connectivity index (χ2v) is 3.91. The Morgan fingerprint density at radius 2 is 1.73 bits per heavy atom. The lowest BCUT2D eigenvalue weighted by Crippen LogP contribution is -2.25. The van der Waals surface area contributed by atoms with E-state index in [-0.39, 0.29) is 6.04 Å². The molecule has 2 aromatic carbocycles. The van der Waals surface area contributed by atoms with Gasteiger partial charge in [0.25, 0.3) is 0 Å². The van der Waals surface area contributed by atoms with Crippen LogP contribution < -0.4 is 11.3 Å². The normalized spacial score (nSPS) is 13.0. The summed E-state index contributed by atoms with van der Waals surface area (Å²) in [4.78, 5) is 0. The van der Waals surface area contributed by atoms with Gasteiger partial charge in [-0.1, -0.05) is 36.4 Å². The lowest BCUT2D eigenvalue weighted by molar-refractivity contribution is 0.606. The molecule has 0 spiro atoms. The first-order valence-corrected chi connectivity index (χ1v) is 5.18. The van der Waals surface area contributed by atoms with Crippen molar-refractivity contribution >= 4 is 10.8 Å². The monoisotopic (exact) mass is 200 g/mol. The highest BCUT2D eigenvalue weighted by Gasteiger charge is 2.08. The standard InChI is InChI=1S/C13H16N2/c1-9-7-8-12(10(2)15-14)13-6-4-3-5-11(9)13/h3-8,10,15H,14H2,1-2H3/t10-/m1/s1. The molecule has 0 aromatic heterocycles. The number of hydrogen-bond donors (Lipinski definition) is 2. The Labute approximate surface area is 90.1 Å². The van der Waals surface area contributed by atoms with Gasteiger partial charge in [-0.2, -0.15) is 0 Å². The number of hydrogen-bond acceptors (Lipinski definition) is 2. The third-order valence-electron chi connectivity index (χ3n) is 2.89. The predicted molar refractivity (Wildman–Crippen MR) is 64.4 cm³/mol. The number of benzene rings is 2. The number of nitrogens with one attached hydrogen (secondary N) is 1. The number of rotatable bonds is 2. The second kappa shape index (κ2) is 4.01. The van der Waals surface area contributed by atoms with Crippen LogP contribution in [0.3, 0.4) is 0 Å². The summed E-state index contributed by atoms with van der Waals surface area (Å²) < 4.78 is 0. The van der Waals surface area contributed by atoms with Crippen LogP contribution >= 0.6 is 0 Å². The largest absolute Gasteiger partial charge is 0.271 e. The Morgan fingerprint density at radius 1 is 1.07 bits per heavy atom. The summed E-state index contributed by atoms with van der Waals surface area (Å²) >= 11 is 0. The Morgan fingerprint density at radius 3 is 2.40 bits per heavy atom. The molecule has 0 saturated heterocycles. The molecular weight excluding hydrogens is 184 g/mol. The molecule has 0 radical (unpaired) electrons. The lowest BCUT2D eigenvalue weighted by Gasteiger charge is -2.14. The molecule has 3 N–H and O–H groups in total. The van der Waals surface area contributed by atoms with Gasteiger partial charge in [-0.15, -0.1) is 0 Å². The molecule has 0 amide bonds. The zero-order chi connectivity index (χ0) is 10.8. The van der Waals surface area contributed by atoms with Gasteiger partial charge < -0.3 is 0 Å². The minimum Gasteiger partial charge on any atom is -0.271 e. The summed E-state index contributed by atoms with van der Waals surface area (Å²) in [5.41, 5.74) is 5.35. The fourth-order valence-electron chi connectivity index (χ4n) is 1.94. The van der Waals surface area contributed by atoms with Gasteiger partial charge in [-0.25, -0.2) is 0 Å². The highest BCUT2D eigenvalue weighted by molar-refractivity contribution is 5.88. The summed E-state index contributed by atoms with van der Waals surface area (Å²) in [5, 5.41) is 2.58. The van der Waals surface area contributed by atoms with Crippen LogP contribution in [0.15, 0.2) is 36.4 Å². The minimum atomic E-state index is 0.176. The molecule has 2 rings (SSSR count). The highest BCUT2D eigenvalue weighted by Crippen LogP contribution is 2.26. The topological polar surface area (TPSA) is 38.0 Å². The van der Waals surface area contributed by atoms with E-state index in [0.29, 0.717) is 0 Å². The van der Waals surface area contributed by atoms with Gasteiger partial charge >= 0.3 is 0 Å². The number of nitrogens with two attached hydrogens (primary N) is 1. The minimum absolute atomic E-state index is 0.176. The first-order chi connectivity index (χ1) is 7.24. The molecule has 0 fully saturated rings. The van der Waals surface area contributed by atoms with Gasteiger partial charge in [0.05, 0.1) is 0 Å². The zero-order valence-corrected chi connectivity index (χ0v) is 9.12. The van der Waals surface area contributed by atoms with Crippen LogP contribution in [-0.2, 0) is 0 Å². The molecule has 0 aliphatic heterocycles. The Hall–Kier alpha value is -1.38. The van der Waals surface area contributed by atoms with Crippen molar-refractivity contribution in [1.82, 2.24) is 5.43 Å². The molecule has 0 aliphatic rings. The van der Waals surface area contributed by atoms with E-state index in [4.69, 9.17) is 5.84 Å². The number of fused-ring (bicyclic) bond motifs is 1. The molecule has 78 valence electrons. The zero-order valence-electron chi connectivity index (χ0n) is 9.12. The van der Waals surface area contributed by atoms with Gasteiger partial charge in [-0.05, 0) is 35.7 Å². The Bertz CT molecular complexity index is 477. The average Bonchev–Trinajstić information content (AvgIpc) is 2.29. The SMILES string of the molecule is Cc1ccc([C@@H](C)NN)c2ccccc12. The maximum atomic E-state index is 5.48. The summed E-state index contributed by atoms with van der Waals surface area (Å²) in [7, 11) is 0. The van der Waals surface area contributed by atoms with Crippen molar-refractivity contribution in [2.75, 3.05) is 0 Å². The molecule has 15 heavy (non-hydrogen) atoms. The van der Waals surface area contributed by atoms with Crippen molar-refractivity contribution < 1.29 is 0 Å². The Kier molecular flexibility index (Phi) is 2.71.